The van der Waals surface area contributed by atoms with Crippen molar-refractivity contribution in [2.24, 2.45) is 7.05 Å². The first-order valence-electron chi connectivity index (χ1n) is 10.8. The van der Waals surface area contributed by atoms with Gasteiger partial charge in [-0.05, 0) is 50.6 Å². The molecule has 1 aromatic carbocycles. The van der Waals surface area contributed by atoms with Crippen LogP contribution in [0.2, 0.25) is 5.02 Å². The number of aromatic nitrogens is 2. The van der Waals surface area contributed by atoms with E-state index in [0.29, 0.717) is 17.3 Å². The number of hydrogen-bond acceptors (Lipinski definition) is 5. The molecule has 0 aliphatic carbocycles. The molecule has 0 spiro atoms. The van der Waals surface area contributed by atoms with Crippen LogP contribution in [0.4, 0.5) is 5.69 Å². The molecule has 31 heavy (non-hydrogen) atoms. The third kappa shape index (κ3) is 6.21. The minimum atomic E-state index is -0.315. The highest BCUT2D eigenvalue weighted by molar-refractivity contribution is 6.31. The molecule has 0 atom stereocenters. The molecular weight excluding hydrogens is 412 g/mol. The fourth-order valence-corrected chi connectivity index (χ4v) is 3.85. The van der Waals surface area contributed by atoms with E-state index in [0.717, 1.165) is 54.6 Å². The van der Waals surface area contributed by atoms with Gasteiger partial charge in [-0.25, -0.2) is 0 Å². The molecule has 0 saturated carbocycles. The van der Waals surface area contributed by atoms with Crippen molar-refractivity contribution in [1.29, 1.82) is 0 Å². The molecule has 0 unspecified atom stereocenters. The van der Waals surface area contributed by atoms with Crippen LogP contribution in [0.15, 0.2) is 41.3 Å². The van der Waals surface area contributed by atoms with E-state index in [1.54, 1.807) is 0 Å². The Labute approximate surface area is 188 Å². The quantitative estimate of drug-likeness (QED) is 0.373. The number of pyridine rings is 2. The van der Waals surface area contributed by atoms with Gasteiger partial charge in [0.2, 0.25) is 5.43 Å². The Bertz CT molecular complexity index is 1080. The van der Waals surface area contributed by atoms with E-state index in [9.17, 15) is 9.90 Å². The van der Waals surface area contributed by atoms with Crippen LogP contribution in [0, 0.1) is 6.92 Å². The summed E-state index contributed by atoms with van der Waals surface area (Å²) in [5, 5.41) is 18.6. The number of unbranched alkanes of at least 4 members (excludes halogenated alkanes) is 4. The molecule has 3 aromatic rings. The maximum absolute atomic E-state index is 11.7. The van der Waals surface area contributed by atoms with Gasteiger partial charge < -0.3 is 20.3 Å². The molecule has 0 aliphatic heterocycles. The van der Waals surface area contributed by atoms with Crippen molar-refractivity contribution in [3.05, 3.63) is 63.2 Å². The fraction of sp³-hybridized carbons (Fsp3) is 0.417. The van der Waals surface area contributed by atoms with Gasteiger partial charge in [0, 0.05) is 54.2 Å². The second-order valence-electron chi connectivity index (χ2n) is 7.90. The Morgan fingerprint density at radius 3 is 2.61 bits per heavy atom. The molecule has 2 heterocycles. The number of nitrogens with one attached hydrogen (secondary N) is 2. The van der Waals surface area contributed by atoms with Crippen molar-refractivity contribution < 1.29 is 5.11 Å². The lowest BCUT2D eigenvalue weighted by Crippen LogP contribution is -2.21. The van der Waals surface area contributed by atoms with Crippen molar-refractivity contribution in [1.82, 2.24) is 14.9 Å². The Balaban J connectivity index is 1.30. The first-order chi connectivity index (χ1) is 15.0. The largest absolute Gasteiger partial charge is 0.503 e. The van der Waals surface area contributed by atoms with Gasteiger partial charge in [-0.2, -0.15) is 0 Å². The third-order valence-electron chi connectivity index (χ3n) is 5.62. The summed E-state index contributed by atoms with van der Waals surface area (Å²) < 4.78 is 1.86. The van der Waals surface area contributed by atoms with E-state index in [-0.39, 0.29) is 11.2 Å². The van der Waals surface area contributed by atoms with Crippen LogP contribution in [0.25, 0.3) is 10.9 Å². The minimum absolute atomic E-state index is 0.154. The van der Waals surface area contributed by atoms with Gasteiger partial charge in [-0.1, -0.05) is 30.9 Å². The zero-order valence-electron chi connectivity index (χ0n) is 18.2. The van der Waals surface area contributed by atoms with E-state index >= 15 is 0 Å². The van der Waals surface area contributed by atoms with E-state index in [1.165, 1.54) is 18.9 Å². The molecule has 2 aromatic heterocycles. The maximum Gasteiger partial charge on any atom is 0.223 e. The first kappa shape index (κ1) is 23.1. The molecule has 0 amide bonds. The van der Waals surface area contributed by atoms with Gasteiger partial charge in [0.05, 0.1) is 11.2 Å². The number of fused-ring (bicyclic) bond motifs is 1. The van der Waals surface area contributed by atoms with Crippen molar-refractivity contribution in [2.75, 3.05) is 18.4 Å². The summed E-state index contributed by atoms with van der Waals surface area (Å²) >= 11 is 6.05. The molecule has 0 radical (unpaired) electrons. The molecule has 0 aliphatic rings. The smallest absolute Gasteiger partial charge is 0.223 e. The lowest BCUT2D eigenvalue weighted by molar-refractivity contribution is 0.445. The van der Waals surface area contributed by atoms with Crippen LogP contribution >= 0.6 is 11.6 Å². The van der Waals surface area contributed by atoms with Gasteiger partial charge in [0.25, 0.3) is 0 Å². The predicted octanol–water partition coefficient (Wildman–Crippen LogP) is 4.75. The first-order valence-corrected chi connectivity index (χ1v) is 11.2. The fourth-order valence-electron chi connectivity index (χ4n) is 3.68. The molecule has 3 rings (SSSR count). The molecule has 0 bridgehead atoms. The van der Waals surface area contributed by atoms with Crippen molar-refractivity contribution >= 4 is 28.2 Å². The number of aryl methyl sites for hydroxylation is 1. The van der Waals surface area contributed by atoms with E-state index < -0.39 is 0 Å². The van der Waals surface area contributed by atoms with Crippen LogP contribution in [0.5, 0.6) is 5.75 Å². The second kappa shape index (κ2) is 11.2. The zero-order chi connectivity index (χ0) is 22.2. The van der Waals surface area contributed by atoms with Crippen molar-refractivity contribution in [3.8, 4) is 5.75 Å². The van der Waals surface area contributed by atoms with Crippen LogP contribution in [-0.2, 0) is 13.6 Å². The monoisotopic (exact) mass is 442 g/mol. The molecule has 3 N–H and O–H groups in total. The number of hydrogen-bond donors (Lipinski definition) is 3. The summed E-state index contributed by atoms with van der Waals surface area (Å²) in [6.07, 6.45) is 7.51. The van der Waals surface area contributed by atoms with Gasteiger partial charge in [0.15, 0.2) is 5.75 Å². The average Bonchev–Trinajstić information content (AvgIpc) is 2.75. The lowest BCUT2D eigenvalue weighted by Gasteiger charge is -2.14. The summed E-state index contributed by atoms with van der Waals surface area (Å²) in [7, 11) is 1.86. The average molecular weight is 443 g/mol. The zero-order valence-corrected chi connectivity index (χ0v) is 19.0. The second-order valence-corrected chi connectivity index (χ2v) is 8.33. The van der Waals surface area contributed by atoms with E-state index in [4.69, 9.17) is 11.6 Å². The molecule has 6 nitrogen and oxygen atoms in total. The summed E-state index contributed by atoms with van der Waals surface area (Å²) in [5.74, 6) is -0.154. The Kier molecular flexibility index (Phi) is 8.32. The number of nitrogens with zero attached hydrogens (tertiary/aromatic N) is 2. The minimum Gasteiger partial charge on any atom is -0.503 e. The van der Waals surface area contributed by atoms with E-state index in [2.05, 4.69) is 15.6 Å². The summed E-state index contributed by atoms with van der Waals surface area (Å²) in [5.41, 5.74) is 3.17. The number of halogens is 1. The van der Waals surface area contributed by atoms with Crippen LogP contribution in [-0.4, -0.2) is 27.7 Å². The van der Waals surface area contributed by atoms with E-state index in [1.807, 2.05) is 49.0 Å². The van der Waals surface area contributed by atoms with Gasteiger partial charge >= 0.3 is 0 Å². The van der Waals surface area contributed by atoms with Gasteiger partial charge in [-0.15, -0.1) is 0 Å². The van der Waals surface area contributed by atoms with Crippen molar-refractivity contribution in [2.45, 2.75) is 45.6 Å². The Morgan fingerprint density at radius 1 is 1.06 bits per heavy atom. The molecule has 0 fully saturated rings. The summed E-state index contributed by atoms with van der Waals surface area (Å²) in [6.45, 7) is 4.16. The molecule has 166 valence electrons. The highest BCUT2D eigenvalue weighted by Crippen LogP contribution is 2.24. The number of anilines is 1. The highest BCUT2D eigenvalue weighted by atomic mass is 35.5. The lowest BCUT2D eigenvalue weighted by atomic mass is 10.1. The molecule has 7 heteroatoms. The molecular formula is C24H31ClN4O2. The van der Waals surface area contributed by atoms with Gasteiger partial charge in [-0.3, -0.25) is 9.78 Å². The number of aromatic hydroxyl groups is 1. The van der Waals surface area contributed by atoms with Crippen LogP contribution < -0.4 is 16.1 Å². The highest BCUT2D eigenvalue weighted by Gasteiger charge is 2.10. The SMILES string of the molecule is Cc1cc(=O)c(O)c(CNCCCCCCCNc2ccnc3cc(Cl)ccc23)n1C. The summed E-state index contributed by atoms with van der Waals surface area (Å²) in [6, 6.07) is 9.25. The van der Waals surface area contributed by atoms with Gasteiger partial charge in [0.1, 0.15) is 0 Å². The maximum atomic E-state index is 11.7. The number of benzene rings is 1. The number of rotatable bonds is 11. The standard InChI is InChI=1S/C24H31ClN4O2/c1-17-14-23(30)24(31)22(29(17)2)16-26-11-6-4-3-5-7-12-27-20-10-13-28-21-15-18(25)8-9-19(20)21/h8-10,13-15,26,31H,3-7,11-12,16H2,1-2H3,(H,27,28). The Morgan fingerprint density at radius 2 is 1.81 bits per heavy atom. The normalized spacial score (nSPS) is 11.2. The molecule has 0 saturated heterocycles. The third-order valence-corrected chi connectivity index (χ3v) is 5.86. The van der Waals surface area contributed by atoms with Crippen LogP contribution in [0.3, 0.4) is 0 Å². The predicted molar refractivity (Wildman–Crippen MR) is 128 cm³/mol. The summed E-state index contributed by atoms with van der Waals surface area (Å²) in [4.78, 5) is 16.1. The van der Waals surface area contributed by atoms with Crippen molar-refractivity contribution in [3.63, 3.8) is 0 Å². The van der Waals surface area contributed by atoms with Crippen LogP contribution in [0.1, 0.15) is 43.5 Å². The Hall–Kier alpha value is -2.57. The topological polar surface area (TPSA) is 79.2 Å².